The minimum absolute atomic E-state index is 0.232. The van der Waals surface area contributed by atoms with E-state index >= 15 is 0 Å². The van der Waals surface area contributed by atoms with Gasteiger partial charge in [0.05, 0.1) is 11.5 Å². The Labute approximate surface area is 170 Å². The number of sulfone groups is 1. The molecule has 4 nitrogen and oxygen atoms in total. The van der Waals surface area contributed by atoms with E-state index in [9.17, 15) is 8.42 Å². The molecule has 0 radical (unpaired) electrons. The van der Waals surface area contributed by atoms with Crippen molar-refractivity contribution in [3.05, 3.63) is 54.6 Å². The highest BCUT2D eigenvalue weighted by atomic mass is 32.2. The normalized spacial score (nSPS) is 11.7. The molecular weight excluding hydrogens is 370 g/mol. The monoisotopic (exact) mass is 403 g/mol. The first-order valence-electron chi connectivity index (χ1n) is 10.3. The molecule has 0 atom stereocenters. The van der Waals surface area contributed by atoms with E-state index in [4.69, 9.17) is 4.74 Å². The molecule has 2 aromatic carbocycles. The molecule has 28 heavy (non-hydrogen) atoms. The average molecular weight is 404 g/mol. The fraction of sp³-hybridized carbons (Fsp3) is 0.478. The summed E-state index contributed by atoms with van der Waals surface area (Å²) in [5, 5.41) is 0. The Kier molecular flexibility index (Phi) is 9.51. The van der Waals surface area contributed by atoms with Crippen LogP contribution in [0.1, 0.15) is 46.0 Å². The van der Waals surface area contributed by atoms with Crippen LogP contribution in [-0.4, -0.2) is 39.6 Å². The fourth-order valence-corrected chi connectivity index (χ4v) is 4.51. The van der Waals surface area contributed by atoms with E-state index in [-0.39, 0.29) is 9.79 Å². The molecule has 0 N–H and O–H groups in total. The lowest BCUT2D eigenvalue weighted by Crippen LogP contribution is -2.28. The summed E-state index contributed by atoms with van der Waals surface area (Å²) in [6.45, 7) is 8.16. The molecular formula is C23H33NO3S. The van der Waals surface area contributed by atoms with Gasteiger partial charge in [-0.15, -0.1) is 0 Å². The number of para-hydroxylation sites is 1. The summed E-state index contributed by atoms with van der Waals surface area (Å²) in [5.74, 6) is 0.431. The molecule has 0 unspecified atom stereocenters. The summed E-state index contributed by atoms with van der Waals surface area (Å²) in [5.41, 5.74) is 0. The van der Waals surface area contributed by atoms with Gasteiger partial charge in [0.2, 0.25) is 9.84 Å². The average Bonchev–Trinajstić information content (AvgIpc) is 2.73. The first-order chi connectivity index (χ1) is 13.6. The maximum absolute atomic E-state index is 12.9. The second-order valence-electron chi connectivity index (χ2n) is 7.01. The summed E-state index contributed by atoms with van der Waals surface area (Å²) < 4.78 is 31.8. The van der Waals surface area contributed by atoms with Gasteiger partial charge in [0.25, 0.3) is 0 Å². The highest BCUT2D eigenvalue weighted by molar-refractivity contribution is 7.91. The van der Waals surface area contributed by atoms with Crippen molar-refractivity contribution in [3.63, 3.8) is 0 Å². The van der Waals surface area contributed by atoms with Crippen LogP contribution in [0.3, 0.4) is 0 Å². The van der Waals surface area contributed by atoms with Crippen molar-refractivity contribution in [2.45, 2.75) is 55.7 Å². The van der Waals surface area contributed by atoms with Gasteiger partial charge < -0.3 is 9.64 Å². The zero-order chi connectivity index (χ0) is 20.2. The Morgan fingerprint density at radius 1 is 0.786 bits per heavy atom. The Balaban J connectivity index is 1.98. The number of nitrogens with zero attached hydrogens (tertiary/aromatic N) is 1. The van der Waals surface area contributed by atoms with E-state index in [0.29, 0.717) is 12.4 Å². The van der Waals surface area contributed by atoms with E-state index in [1.165, 1.54) is 25.7 Å². The molecule has 0 aliphatic heterocycles. The first-order valence-corrected chi connectivity index (χ1v) is 11.8. The van der Waals surface area contributed by atoms with Gasteiger partial charge in [0.15, 0.2) is 0 Å². The van der Waals surface area contributed by atoms with Crippen LogP contribution in [0, 0.1) is 0 Å². The van der Waals surface area contributed by atoms with Gasteiger partial charge >= 0.3 is 0 Å². The summed E-state index contributed by atoms with van der Waals surface area (Å²) in [6.07, 6.45) is 5.70. The van der Waals surface area contributed by atoms with Crippen LogP contribution in [0.2, 0.25) is 0 Å². The zero-order valence-corrected chi connectivity index (χ0v) is 18.0. The number of rotatable bonds is 13. The number of ether oxygens (including phenoxy) is 1. The number of hydrogen-bond donors (Lipinski definition) is 0. The van der Waals surface area contributed by atoms with Gasteiger partial charge in [0.1, 0.15) is 10.6 Å². The second-order valence-corrected chi connectivity index (χ2v) is 8.93. The highest BCUT2D eigenvalue weighted by Gasteiger charge is 2.21. The standard InChI is InChI=1S/C23H33NO3S/c1-3-5-17-24(18-6-4-2)19-12-20-27-22-15-10-11-16-23(22)28(25,26)21-13-8-7-9-14-21/h7-11,13-16H,3-6,12,17-20H2,1-2H3. The SMILES string of the molecule is CCCCN(CCCC)CCCOc1ccccc1S(=O)(=O)c1ccccc1. The summed E-state index contributed by atoms with van der Waals surface area (Å²) >= 11 is 0. The van der Waals surface area contributed by atoms with Crippen molar-refractivity contribution in [2.75, 3.05) is 26.2 Å². The molecule has 0 aromatic heterocycles. The summed E-state index contributed by atoms with van der Waals surface area (Å²) in [7, 11) is -3.58. The number of unbranched alkanes of at least 4 members (excludes halogenated alkanes) is 2. The van der Waals surface area contributed by atoms with Crippen molar-refractivity contribution in [1.29, 1.82) is 0 Å². The smallest absolute Gasteiger partial charge is 0.210 e. The molecule has 0 amide bonds. The van der Waals surface area contributed by atoms with Crippen molar-refractivity contribution < 1.29 is 13.2 Å². The van der Waals surface area contributed by atoms with Crippen LogP contribution in [0.25, 0.3) is 0 Å². The Bertz CT molecular complexity index is 783. The van der Waals surface area contributed by atoms with E-state index < -0.39 is 9.84 Å². The van der Waals surface area contributed by atoms with Crippen LogP contribution >= 0.6 is 0 Å². The van der Waals surface area contributed by atoms with Crippen LogP contribution in [0.5, 0.6) is 5.75 Å². The summed E-state index contributed by atoms with van der Waals surface area (Å²) in [4.78, 5) is 3.01. The summed E-state index contributed by atoms with van der Waals surface area (Å²) in [6, 6.07) is 15.4. The predicted molar refractivity (Wildman–Crippen MR) is 115 cm³/mol. The van der Waals surface area contributed by atoms with Crippen molar-refractivity contribution in [1.82, 2.24) is 4.90 Å². The van der Waals surface area contributed by atoms with Gasteiger partial charge in [-0.1, -0.05) is 57.0 Å². The topological polar surface area (TPSA) is 46.6 Å². The van der Waals surface area contributed by atoms with E-state index in [1.807, 2.05) is 12.1 Å². The van der Waals surface area contributed by atoms with Crippen molar-refractivity contribution in [3.8, 4) is 5.75 Å². The molecule has 5 heteroatoms. The number of benzene rings is 2. The maximum Gasteiger partial charge on any atom is 0.210 e. The van der Waals surface area contributed by atoms with Crippen molar-refractivity contribution >= 4 is 9.84 Å². The Morgan fingerprint density at radius 3 is 2.00 bits per heavy atom. The third-order valence-electron chi connectivity index (χ3n) is 4.72. The third-order valence-corrected chi connectivity index (χ3v) is 6.53. The Morgan fingerprint density at radius 2 is 1.36 bits per heavy atom. The lowest BCUT2D eigenvalue weighted by atomic mass is 10.2. The van der Waals surface area contributed by atoms with Crippen LogP contribution < -0.4 is 4.74 Å². The number of hydrogen-bond acceptors (Lipinski definition) is 4. The van der Waals surface area contributed by atoms with Gasteiger partial charge in [0, 0.05) is 6.54 Å². The molecule has 154 valence electrons. The van der Waals surface area contributed by atoms with Crippen LogP contribution in [0.4, 0.5) is 0 Å². The quantitative estimate of drug-likeness (QED) is 0.432. The van der Waals surface area contributed by atoms with Gasteiger partial charge in [-0.2, -0.15) is 0 Å². The largest absolute Gasteiger partial charge is 0.492 e. The molecule has 0 bridgehead atoms. The predicted octanol–water partition coefficient (Wildman–Crippen LogP) is 5.19. The molecule has 0 fully saturated rings. The molecule has 2 aromatic rings. The van der Waals surface area contributed by atoms with E-state index in [1.54, 1.807) is 42.5 Å². The minimum Gasteiger partial charge on any atom is -0.492 e. The van der Waals surface area contributed by atoms with Crippen LogP contribution in [0.15, 0.2) is 64.4 Å². The molecule has 0 saturated heterocycles. The fourth-order valence-electron chi connectivity index (χ4n) is 3.09. The lowest BCUT2D eigenvalue weighted by Gasteiger charge is -2.22. The molecule has 0 aliphatic carbocycles. The maximum atomic E-state index is 12.9. The molecule has 0 saturated carbocycles. The molecule has 0 spiro atoms. The molecule has 2 rings (SSSR count). The Hall–Kier alpha value is -1.85. The van der Waals surface area contributed by atoms with Crippen molar-refractivity contribution in [2.24, 2.45) is 0 Å². The molecule has 0 aliphatic rings. The van der Waals surface area contributed by atoms with Crippen LogP contribution in [-0.2, 0) is 9.84 Å². The van der Waals surface area contributed by atoms with E-state index in [0.717, 1.165) is 26.1 Å². The van der Waals surface area contributed by atoms with Gasteiger partial charge in [-0.3, -0.25) is 0 Å². The minimum atomic E-state index is -3.58. The second kappa shape index (κ2) is 11.9. The van der Waals surface area contributed by atoms with Gasteiger partial charge in [-0.05, 0) is 56.6 Å². The first kappa shape index (κ1) is 22.4. The molecule has 0 heterocycles. The third kappa shape index (κ3) is 6.64. The van der Waals surface area contributed by atoms with Gasteiger partial charge in [-0.25, -0.2) is 8.42 Å². The zero-order valence-electron chi connectivity index (χ0n) is 17.1. The highest BCUT2D eigenvalue weighted by Crippen LogP contribution is 2.29. The lowest BCUT2D eigenvalue weighted by molar-refractivity contribution is 0.227. The van der Waals surface area contributed by atoms with E-state index in [2.05, 4.69) is 18.7 Å².